The quantitative estimate of drug-likeness (QED) is 0.740. The minimum absolute atomic E-state index is 0.268. The summed E-state index contributed by atoms with van der Waals surface area (Å²) in [5.41, 5.74) is 1.81. The van der Waals surface area contributed by atoms with Gasteiger partial charge in [-0.1, -0.05) is 6.58 Å². The van der Waals surface area contributed by atoms with Crippen molar-refractivity contribution in [3.05, 3.63) is 36.2 Å². The Labute approximate surface area is 114 Å². The van der Waals surface area contributed by atoms with Crippen LogP contribution in [0.25, 0.3) is 5.76 Å². The molecular weight excluding hydrogens is 242 g/mol. The second kappa shape index (κ2) is 7.26. The number of nitrogens with zero attached hydrogens (tertiary/aromatic N) is 1. The zero-order chi connectivity index (χ0) is 13.5. The van der Waals surface area contributed by atoms with Gasteiger partial charge in [-0.2, -0.15) is 0 Å². The molecule has 0 aromatic carbocycles. The molecule has 4 heteroatoms. The Hall–Kier alpha value is -1.39. The lowest BCUT2D eigenvalue weighted by Crippen LogP contribution is -2.23. The highest BCUT2D eigenvalue weighted by Gasteiger charge is 2.16. The van der Waals surface area contributed by atoms with Crippen molar-refractivity contribution in [3.63, 3.8) is 0 Å². The Morgan fingerprint density at radius 3 is 3.00 bits per heavy atom. The van der Waals surface area contributed by atoms with Crippen LogP contribution in [0.4, 0.5) is 0 Å². The number of aromatic nitrogens is 1. The van der Waals surface area contributed by atoms with Crippen molar-refractivity contribution in [2.75, 3.05) is 19.8 Å². The van der Waals surface area contributed by atoms with Crippen LogP contribution in [0.1, 0.15) is 31.0 Å². The van der Waals surface area contributed by atoms with Crippen molar-refractivity contribution in [2.45, 2.75) is 32.5 Å². The molecule has 104 valence electrons. The summed E-state index contributed by atoms with van der Waals surface area (Å²) in [6.07, 6.45) is 3.94. The first-order valence-electron chi connectivity index (χ1n) is 6.76. The smallest absolute Gasteiger partial charge is 0.121 e. The van der Waals surface area contributed by atoms with Crippen LogP contribution in [0.15, 0.2) is 24.9 Å². The van der Waals surface area contributed by atoms with E-state index in [0.29, 0.717) is 19.0 Å². The zero-order valence-electron chi connectivity index (χ0n) is 11.4. The predicted octanol–water partition coefficient (Wildman–Crippen LogP) is 2.78. The molecule has 1 fully saturated rings. The van der Waals surface area contributed by atoms with Crippen LogP contribution in [-0.4, -0.2) is 30.9 Å². The lowest BCUT2D eigenvalue weighted by Gasteiger charge is -2.22. The van der Waals surface area contributed by atoms with Crippen LogP contribution in [0.2, 0.25) is 0 Å². The first-order valence-corrected chi connectivity index (χ1v) is 6.76. The van der Waals surface area contributed by atoms with E-state index >= 15 is 0 Å². The molecule has 0 radical (unpaired) electrons. The maximum Gasteiger partial charge on any atom is 0.121 e. The fourth-order valence-electron chi connectivity index (χ4n) is 2.10. The SMILES string of the molecule is C=C(OCC)c1cccnc1COC1CCOCC1. The Morgan fingerprint density at radius 2 is 2.26 bits per heavy atom. The molecule has 4 nitrogen and oxygen atoms in total. The minimum atomic E-state index is 0.268. The van der Waals surface area contributed by atoms with E-state index in [4.69, 9.17) is 14.2 Å². The molecule has 1 aliphatic rings. The number of rotatable bonds is 6. The van der Waals surface area contributed by atoms with Gasteiger partial charge in [-0.25, -0.2) is 0 Å². The van der Waals surface area contributed by atoms with Crippen LogP contribution >= 0.6 is 0 Å². The van der Waals surface area contributed by atoms with Gasteiger partial charge in [-0.05, 0) is 31.9 Å². The van der Waals surface area contributed by atoms with Gasteiger partial charge in [0.05, 0.1) is 25.0 Å². The topological polar surface area (TPSA) is 40.6 Å². The lowest BCUT2D eigenvalue weighted by atomic mass is 10.1. The molecule has 1 aromatic rings. The molecule has 0 unspecified atom stereocenters. The molecule has 1 saturated heterocycles. The second-order valence-electron chi connectivity index (χ2n) is 4.48. The van der Waals surface area contributed by atoms with Crippen molar-refractivity contribution >= 4 is 5.76 Å². The third-order valence-corrected chi connectivity index (χ3v) is 3.13. The number of hydrogen-bond donors (Lipinski definition) is 0. The minimum Gasteiger partial charge on any atom is -0.494 e. The van der Waals surface area contributed by atoms with E-state index in [1.165, 1.54) is 0 Å². The van der Waals surface area contributed by atoms with Crippen LogP contribution < -0.4 is 0 Å². The maximum absolute atomic E-state index is 5.90. The van der Waals surface area contributed by atoms with Crippen molar-refractivity contribution in [3.8, 4) is 0 Å². The van der Waals surface area contributed by atoms with E-state index in [0.717, 1.165) is 37.3 Å². The van der Waals surface area contributed by atoms with Crippen molar-refractivity contribution < 1.29 is 14.2 Å². The Morgan fingerprint density at radius 1 is 1.47 bits per heavy atom. The van der Waals surface area contributed by atoms with E-state index in [2.05, 4.69) is 11.6 Å². The number of ether oxygens (including phenoxy) is 3. The molecule has 0 N–H and O–H groups in total. The van der Waals surface area contributed by atoms with Gasteiger partial charge in [0.2, 0.25) is 0 Å². The average molecular weight is 263 g/mol. The Balaban J connectivity index is 1.97. The highest BCUT2D eigenvalue weighted by Crippen LogP contribution is 2.19. The molecule has 0 bridgehead atoms. The molecule has 0 aliphatic carbocycles. The monoisotopic (exact) mass is 263 g/mol. The summed E-state index contributed by atoms with van der Waals surface area (Å²) in [6, 6.07) is 3.85. The molecule has 0 saturated carbocycles. The van der Waals surface area contributed by atoms with E-state index < -0.39 is 0 Å². The van der Waals surface area contributed by atoms with Crippen molar-refractivity contribution in [2.24, 2.45) is 0 Å². The van der Waals surface area contributed by atoms with E-state index in [1.807, 2.05) is 19.1 Å². The van der Waals surface area contributed by atoms with E-state index in [1.54, 1.807) is 6.20 Å². The standard InChI is InChI=1S/C15H21NO3/c1-3-18-12(2)14-5-4-8-16-15(14)11-19-13-6-9-17-10-7-13/h4-5,8,13H,2-3,6-7,9-11H2,1H3. The first kappa shape index (κ1) is 14.0. The summed E-state index contributed by atoms with van der Waals surface area (Å²) in [5.74, 6) is 0.654. The summed E-state index contributed by atoms with van der Waals surface area (Å²) < 4.78 is 16.7. The highest BCUT2D eigenvalue weighted by molar-refractivity contribution is 5.59. The fourth-order valence-corrected chi connectivity index (χ4v) is 2.10. The van der Waals surface area contributed by atoms with Crippen molar-refractivity contribution in [1.29, 1.82) is 0 Å². The normalized spacial score (nSPS) is 16.3. The van der Waals surface area contributed by atoms with Gasteiger partial charge in [0.25, 0.3) is 0 Å². The second-order valence-corrected chi connectivity index (χ2v) is 4.48. The highest BCUT2D eigenvalue weighted by atomic mass is 16.5. The van der Waals surface area contributed by atoms with Gasteiger partial charge in [0.15, 0.2) is 0 Å². The van der Waals surface area contributed by atoms with Gasteiger partial charge in [-0.3, -0.25) is 4.98 Å². The zero-order valence-corrected chi connectivity index (χ0v) is 11.4. The predicted molar refractivity (Wildman–Crippen MR) is 73.5 cm³/mol. The molecule has 0 amide bonds. The summed E-state index contributed by atoms with van der Waals surface area (Å²) >= 11 is 0. The van der Waals surface area contributed by atoms with Crippen LogP contribution in [0.3, 0.4) is 0 Å². The first-order chi connectivity index (χ1) is 9.31. The van der Waals surface area contributed by atoms with Crippen LogP contribution in [0, 0.1) is 0 Å². The third-order valence-electron chi connectivity index (χ3n) is 3.13. The van der Waals surface area contributed by atoms with Gasteiger partial charge in [0.1, 0.15) is 5.76 Å². The largest absolute Gasteiger partial charge is 0.494 e. The van der Waals surface area contributed by atoms with Gasteiger partial charge < -0.3 is 14.2 Å². The molecule has 1 aromatic heterocycles. The Bertz CT molecular complexity index is 414. The maximum atomic E-state index is 5.90. The summed E-state index contributed by atoms with van der Waals surface area (Å²) in [7, 11) is 0. The average Bonchev–Trinajstić information content (AvgIpc) is 2.47. The lowest BCUT2D eigenvalue weighted by molar-refractivity contribution is -0.0400. The van der Waals surface area contributed by atoms with Gasteiger partial charge in [0, 0.05) is 25.0 Å². The van der Waals surface area contributed by atoms with Gasteiger partial charge >= 0.3 is 0 Å². The molecular formula is C15H21NO3. The Kier molecular flexibility index (Phi) is 5.36. The molecule has 19 heavy (non-hydrogen) atoms. The molecule has 0 atom stereocenters. The number of pyridine rings is 1. The van der Waals surface area contributed by atoms with E-state index in [9.17, 15) is 0 Å². The molecule has 1 aliphatic heterocycles. The third kappa shape index (κ3) is 4.04. The number of hydrogen-bond acceptors (Lipinski definition) is 4. The summed E-state index contributed by atoms with van der Waals surface area (Å²) in [5, 5.41) is 0. The van der Waals surface area contributed by atoms with Crippen LogP contribution in [0.5, 0.6) is 0 Å². The molecule has 2 rings (SSSR count). The summed E-state index contributed by atoms with van der Waals surface area (Å²) in [4.78, 5) is 4.37. The molecule has 2 heterocycles. The van der Waals surface area contributed by atoms with Crippen LogP contribution in [-0.2, 0) is 20.8 Å². The van der Waals surface area contributed by atoms with Crippen molar-refractivity contribution in [1.82, 2.24) is 4.98 Å². The molecule has 0 spiro atoms. The van der Waals surface area contributed by atoms with Gasteiger partial charge in [-0.15, -0.1) is 0 Å². The fraction of sp³-hybridized carbons (Fsp3) is 0.533. The summed E-state index contributed by atoms with van der Waals surface area (Å²) in [6.45, 7) is 8.54. The van der Waals surface area contributed by atoms with E-state index in [-0.39, 0.29) is 6.10 Å².